The van der Waals surface area contributed by atoms with Crippen LogP contribution in [0.15, 0.2) is 41.1 Å². The summed E-state index contributed by atoms with van der Waals surface area (Å²) < 4.78 is 5.81. The summed E-state index contributed by atoms with van der Waals surface area (Å²) in [7, 11) is 0. The number of benzene rings is 1. The second kappa shape index (κ2) is 7.02. The molecule has 0 amide bonds. The molecular formula is C17H23NOS. The zero-order valence-corrected chi connectivity index (χ0v) is 13.3. The summed E-state index contributed by atoms with van der Waals surface area (Å²) in [5.74, 6) is 0. The van der Waals surface area contributed by atoms with Crippen molar-refractivity contribution in [3.63, 3.8) is 0 Å². The highest BCUT2D eigenvalue weighted by atomic mass is 32.1. The molecule has 0 bridgehead atoms. The molecule has 108 valence electrons. The van der Waals surface area contributed by atoms with E-state index in [4.69, 9.17) is 4.74 Å². The van der Waals surface area contributed by atoms with Crippen LogP contribution in [0, 0.1) is 0 Å². The number of rotatable bonds is 6. The van der Waals surface area contributed by atoms with Crippen molar-refractivity contribution >= 4 is 11.3 Å². The Balaban J connectivity index is 1.83. The molecule has 1 aromatic heterocycles. The van der Waals surface area contributed by atoms with E-state index in [2.05, 4.69) is 67.2 Å². The predicted molar refractivity (Wildman–Crippen MR) is 85.8 cm³/mol. The molecule has 0 saturated carbocycles. The highest BCUT2D eigenvalue weighted by Crippen LogP contribution is 2.13. The molecule has 0 fully saturated rings. The minimum atomic E-state index is -0.0901. The van der Waals surface area contributed by atoms with Crippen molar-refractivity contribution in [1.29, 1.82) is 0 Å². The Labute approximate surface area is 125 Å². The molecule has 1 aromatic carbocycles. The Morgan fingerprint density at radius 2 is 1.80 bits per heavy atom. The third kappa shape index (κ3) is 5.45. The van der Waals surface area contributed by atoms with Crippen molar-refractivity contribution in [2.75, 3.05) is 0 Å². The van der Waals surface area contributed by atoms with E-state index in [0.29, 0.717) is 6.61 Å². The minimum absolute atomic E-state index is 0.0901. The summed E-state index contributed by atoms with van der Waals surface area (Å²) in [6.45, 7) is 8.73. The second-order valence-electron chi connectivity index (χ2n) is 5.96. The lowest BCUT2D eigenvalue weighted by atomic mass is 10.1. The standard InChI is InChI=1S/C17H23NOS/c1-17(2,3)19-12-15-6-4-5-14(9-15)10-18-11-16-7-8-20-13-16/h4-9,13,18H,10-12H2,1-3H3. The van der Waals surface area contributed by atoms with Gasteiger partial charge in [-0.2, -0.15) is 11.3 Å². The van der Waals surface area contributed by atoms with E-state index in [1.54, 1.807) is 11.3 Å². The molecule has 2 rings (SSSR count). The van der Waals surface area contributed by atoms with Gasteiger partial charge in [0.1, 0.15) is 0 Å². The average Bonchev–Trinajstić information content (AvgIpc) is 2.89. The molecule has 0 aliphatic heterocycles. The highest BCUT2D eigenvalue weighted by Gasteiger charge is 2.09. The number of hydrogen-bond acceptors (Lipinski definition) is 3. The number of nitrogens with one attached hydrogen (secondary N) is 1. The molecule has 1 N–H and O–H groups in total. The molecule has 0 saturated heterocycles. The Bertz CT molecular complexity index is 514. The van der Waals surface area contributed by atoms with Crippen molar-refractivity contribution in [3.8, 4) is 0 Å². The van der Waals surface area contributed by atoms with Gasteiger partial charge in [-0.05, 0) is 54.3 Å². The fourth-order valence-corrected chi connectivity index (χ4v) is 2.54. The van der Waals surface area contributed by atoms with Crippen LogP contribution in [-0.2, 0) is 24.4 Å². The Morgan fingerprint density at radius 1 is 1.05 bits per heavy atom. The summed E-state index contributed by atoms with van der Waals surface area (Å²) in [4.78, 5) is 0. The van der Waals surface area contributed by atoms with E-state index in [9.17, 15) is 0 Å². The lowest BCUT2D eigenvalue weighted by Gasteiger charge is -2.19. The molecule has 20 heavy (non-hydrogen) atoms. The molecule has 2 aromatic rings. The SMILES string of the molecule is CC(C)(C)OCc1cccc(CNCc2ccsc2)c1. The van der Waals surface area contributed by atoms with E-state index in [-0.39, 0.29) is 5.60 Å². The van der Waals surface area contributed by atoms with Gasteiger partial charge in [0.15, 0.2) is 0 Å². The average molecular weight is 289 g/mol. The summed E-state index contributed by atoms with van der Waals surface area (Å²) in [5.41, 5.74) is 3.79. The van der Waals surface area contributed by atoms with Crippen molar-refractivity contribution in [2.24, 2.45) is 0 Å². The minimum Gasteiger partial charge on any atom is -0.371 e. The molecule has 2 nitrogen and oxygen atoms in total. The van der Waals surface area contributed by atoms with Gasteiger partial charge < -0.3 is 10.1 Å². The van der Waals surface area contributed by atoms with Gasteiger partial charge in [-0.25, -0.2) is 0 Å². The summed E-state index contributed by atoms with van der Waals surface area (Å²) in [6.07, 6.45) is 0. The van der Waals surface area contributed by atoms with Crippen LogP contribution in [0.1, 0.15) is 37.5 Å². The Kier molecular flexibility index (Phi) is 5.35. The van der Waals surface area contributed by atoms with Crippen LogP contribution < -0.4 is 5.32 Å². The van der Waals surface area contributed by atoms with Gasteiger partial charge in [-0.3, -0.25) is 0 Å². The first-order valence-corrected chi connectivity index (χ1v) is 7.91. The maximum Gasteiger partial charge on any atom is 0.0724 e. The summed E-state index contributed by atoms with van der Waals surface area (Å²) >= 11 is 1.74. The second-order valence-corrected chi connectivity index (χ2v) is 6.74. The maximum absolute atomic E-state index is 5.81. The van der Waals surface area contributed by atoms with Gasteiger partial charge in [0.25, 0.3) is 0 Å². The molecule has 1 heterocycles. The maximum atomic E-state index is 5.81. The predicted octanol–water partition coefficient (Wildman–Crippen LogP) is 4.35. The van der Waals surface area contributed by atoms with Crippen molar-refractivity contribution in [2.45, 2.75) is 46.1 Å². The first-order valence-electron chi connectivity index (χ1n) is 6.96. The smallest absolute Gasteiger partial charge is 0.0724 e. The largest absolute Gasteiger partial charge is 0.371 e. The fraction of sp³-hybridized carbons (Fsp3) is 0.412. The fourth-order valence-electron chi connectivity index (χ4n) is 1.87. The normalized spacial score (nSPS) is 11.8. The van der Waals surface area contributed by atoms with Gasteiger partial charge >= 0.3 is 0 Å². The topological polar surface area (TPSA) is 21.3 Å². The molecule has 0 spiro atoms. The number of ether oxygens (including phenoxy) is 1. The van der Waals surface area contributed by atoms with Crippen LogP contribution >= 0.6 is 11.3 Å². The van der Waals surface area contributed by atoms with E-state index >= 15 is 0 Å². The van der Waals surface area contributed by atoms with Crippen molar-refractivity contribution < 1.29 is 4.74 Å². The van der Waals surface area contributed by atoms with Gasteiger partial charge in [0.05, 0.1) is 12.2 Å². The third-order valence-electron chi connectivity index (χ3n) is 2.90. The highest BCUT2D eigenvalue weighted by molar-refractivity contribution is 7.07. The lowest BCUT2D eigenvalue weighted by Crippen LogP contribution is -2.18. The van der Waals surface area contributed by atoms with Gasteiger partial charge in [-0.1, -0.05) is 24.3 Å². The zero-order chi connectivity index (χ0) is 14.4. The van der Waals surface area contributed by atoms with Crippen LogP contribution in [-0.4, -0.2) is 5.60 Å². The summed E-state index contributed by atoms with van der Waals surface area (Å²) in [5, 5.41) is 7.76. The first kappa shape index (κ1) is 15.2. The third-order valence-corrected chi connectivity index (χ3v) is 3.63. The molecule has 0 aliphatic rings. The number of hydrogen-bond donors (Lipinski definition) is 1. The zero-order valence-electron chi connectivity index (χ0n) is 12.5. The monoisotopic (exact) mass is 289 g/mol. The number of thiophene rings is 1. The van der Waals surface area contributed by atoms with Crippen LogP contribution in [0.4, 0.5) is 0 Å². The van der Waals surface area contributed by atoms with E-state index in [0.717, 1.165) is 13.1 Å². The molecule has 0 atom stereocenters. The molecule has 3 heteroatoms. The quantitative estimate of drug-likeness (QED) is 0.853. The van der Waals surface area contributed by atoms with Crippen LogP contribution in [0.2, 0.25) is 0 Å². The van der Waals surface area contributed by atoms with E-state index in [1.807, 2.05) is 0 Å². The van der Waals surface area contributed by atoms with Gasteiger partial charge in [0.2, 0.25) is 0 Å². The molecular weight excluding hydrogens is 266 g/mol. The van der Waals surface area contributed by atoms with E-state index in [1.165, 1.54) is 16.7 Å². The Morgan fingerprint density at radius 3 is 2.50 bits per heavy atom. The summed E-state index contributed by atoms with van der Waals surface area (Å²) in [6, 6.07) is 10.7. The Hall–Kier alpha value is -1.16. The van der Waals surface area contributed by atoms with Crippen molar-refractivity contribution in [1.82, 2.24) is 5.32 Å². The van der Waals surface area contributed by atoms with Crippen LogP contribution in [0.5, 0.6) is 0 Å². The van der Waals surface area contributed by atoms with E-state index < -0.39 is 0 Å². The molecule has 0 aliphatic carbocycles. The first-order chi connectivity index (χ1) is 9.53. The van der Waals surface area contributed by atoms with Crippen molar-refractivity contribution in [3.05, 3.63) is 57.8 Å². The van der Waals surface area contributed by atoms with Crippen LogP contribution in [0.3, 0.4) is 0 Å². The van der Waals surface area contributed by atoms with Gasteiger partial charge in [0, 0.05) is 13.1 Å². The van der Waals surface area contributed by atoms with Gasteiger partial charge in [-0.15, -0.1) is 0 Å². The molecule has 0 radical (unpaired) electrons. The molecule has 0 unspecified atom stereocenters. The lowest BCUT2D eigenvalue weighted by molar-refractivity contribution is -0.0149. The van der Waals surface area contributed by atoms with Crippen LogP contribution in [0.25, 0.3) is 0 Å².